The normalized spacial score (nSPS) is 13.4. The number of esters is 2. The van der Waals surface area contributed by atoms with E-state index in [1.165, 1.54) is 135 Å². The number of hydrogen-bond acceptors (Lipinski definition) is 7. The lowest BCUT2D eigenvalue weighted by Crippen LogP contribution is -2.40. The van der Waals surface area contributed by atoms with Gasteiger partial charge < -0.3 is 28.5 Å². The third-order valence-electron chi connectivity index (χ3n) is 14.0. The first-order chi connectivity index (χ1) is 39.6. The van der Waals surface area contributed by atoms with Crippen LogP contribution < -0.4 is 0 Å². The number of carboxylic acids is 1. The molecule has 9 nitrogen and oxygen atoms in total. The Bertz CT molecular complexity index is 1700. The van der Waals surface area contributed by atoms with Gasteiger partial charge in [0, 0.05) is 12.8 Å². The number of unbranched alkanes of at least 4 members (excludes halogenated alkanes) is 27. The molecule has 0 aliphatic heterocycles. The molecular weight excluding hydrogens is 1010 g/mol. The van der Waals surface area contributed by atoms with E-state index in [1.807, 2.05) is 21.1 Å². The zero-order chi connectivity index (χ0) is 59.1. The predicted molar refractivity (Wildman–Crippen MR) is 345 cm³/mol. The lowest BCUT2D eigenvalue weighted by molar-refractivity contribution is -0.870. The Kier molecular flexibility index (Phi) is 58.9. The number of quaternary nitrogens is 1. The van der Waals surface area contributed by atoms with Gasteiger partial charge in [-0.15, -0.1) is 0 Å². The summed E-state index contributed by atoms with van der Waals surface area (Å²) in [4.78, 5) is 37.5. The number of aliphatic carboxylic acids is 1. The van der Waals surface area contributed by atoms with E-state index in [1.54, 1.807) is 0 Å². The van der Waals surface area contributed by atoms with Gasteiger partial charge in [0.25, 0.3) is 6.29 Å². The Labute approximate surface area is 498 Å². The van der Waals surface area contributed by atoms with Gasteiger partial charge in [0.15, 0.2) is 6.10 Å². The van der Waals surface area contributed by atoms with Crippen LogP contribution in [0.2, 0.25) is 0 Å². The summed E-state index contributed by atoms with van der Waals surface area (Å²) in [6, 6.07) is 0. The van der Waals surface area contributed by atoms with Crippen molar-refractivity contribution in [3.05, 3.63) is 109 Å². The van der Waals surface area contributed by atoms with Gasteiger partial charge >= 0.3 is 17.9 Å². The van der Waals surface area contributed by atoms with Crippen molar-refractivity contribution in [2.24, 2.45) is 0 Å². The monoisotopic (exact) mass is 1130 g/mol. The second-order valence-corrected chi connectivity index (χ2v) is 23.0. The molecule has 0 fully saturated rings. The Morgan fingerprint density at radius 3 is 0.988 bits per heavy atom. The van der Waals surface area contributed by atoms with Gasteiger partial charge in [-0.1, -0.05) is 271 Å². The topological polar surface area (TPSA) is 108 Å². The average Bonchev–Trinajstić information content (AvgIpc) is 3.44. The minimum Gasteiger partial charge on any atom is -0.477 e. The van der Waals surface area contributed by atoms with E-state index >= 15 is 0 Å². The molecule has 9 heteroatoms. The fraction of sp³-hybridized carbons (Fsp3) is 0.708. The fourth-order valence-electron chi connectivity index (χ4n) is 9.03. The minimum absolute atomic E-state index is 0.181. The van der Waals surface area contributed by atoms with E-state index in [0.717, 1.165) is 96.3 Å². The summed E-state index contributed by atoms with van der Waals surface area (Å²) < 4.78 is 22.9. The van der Waals surface area contributed by atoms with Crippen LogP contribution in [0, 0.1) is 0 Å². The first kappa shape index (κ1) is 77.0. The van der Waals surface area contributed by atoms with Crippen LogP contribution in [0.3, 0.4) is 0 Å². The highest BCUT2D eigenvalue weighted by Gasteiger charge is 2.25. The van der Waals surface area contributed by atoms with Crippen molar-refractivity contribution >= 4 is 17.9 Å². The molecule has 1 N–H and O–H groups in total. The van der Waals surface area contributed by atoms with Gasteiger partial charge in [-0.05, 0) is 96.3 Å². The zero-order valence-corrected chi connectivity index (χ0v) is 52.9. The first-order valence-electron chi connectivity index (χ1n) is 33.1. The van der Waals surface area contributed by atoms with Crippen LogP contribution in [0.25, 0.3) is 0 Å². The smallest absolute Gasteiger partial charge is 0.361 e. The van der Waals surface area contributed by atoms with Crippen LogP contribution in [-0.2, 0) is 33.3 Å². The molecule has 2 unspecified atom stereocenters. The third-order valence-corrected chi connectivity index (χ3v) is 14.0. The summed E-state index contributed by atoms with van der Waals surface area (Å²) in [5.74, 6) is -2.03. The Balaban J connectivity index is 4.03. The Hall–Kier alpha value is -4.05. The number of ether oxygens (including phenoxy) is 4. The number of carboxylic acid groups (broad SMARTS) is 1. The van der Waals surface area contributed by atoms with Gasteiger partial charge in [-0.3, -0.25) is 9.59 Å². The van der Waals surface area contributed by atoms with Crippen molar-refractivity contribution in [1.82, 2.24) is 0 Å². The molecule has 0 saturated carbocycles. The van der Waals surface area contributed by atoms with Gasteiger partial charge in [0.1, 0.15) is 13.2 Å². The van der Waals surface area contributed by atoms with Crippen LogP contribution in [0.15, 0.2) is 109 Å². The van der Waals surface area contributed by atoms with Crippen molar-refractivity contribution < 1.29 is 42.9 Å². The number of nitrogens with zero attached hydrogens (tertiary/aromatic N) is 1. The van der Waals surface area contributed by atoms with Crippen LogP contribution in [-0.4, -0.2) is 87.4 Å². The summed E-state index contributed by atoms with van der Waals surface area (Å²) in [5, 5.41) is 9.72. The van der Waals surface area contributed by atoms with Crippen molar-refractivity contribution in [3.63, 3.8) is 0 Å². The van der Waals surface area contributed by atoms with E-state index in [4.69, 9.17) is 18.9 Å². The number of carbonyl (C=O) groups is 3. The molecule has 0 rings (SSSR count). The molecule has 464 valence electrons. The number of hydrogen-bond donors (Lipinski definition) is 1. The molecule has 0 aromatic heterocycles. The lowest BCUT2D eigenvalue weighted by Gasteiger charge is -2.25. The average molecular weight is 1130 g/mol. The summed E-state index contributed by atoms with van der Waals surface area (Å²) in [7, 11) is 5.96. The molecule has 0 aliphatic carbocycles. The largest absolute Gasteiger partial charge is 0.477 e. The van der Waals surface area contributed by atoms with E-state index in [2.05, 4.69) is 123 Å². The third kappa shape index (κ3) is 63.4. The maximum absolute atomic E-state index is 12.9. The summed E-state index contributed by atoms with van der Waals surface area (Å²) >= 11 is 0. The van der Waals surface area contributed by atoms with E-state index in [-0.39, 0.29) is 38.6 Å². The molecule has 0 saturated heterocycles. The minimum atomic E-state index is -1.52. The van der Waals surface area contributed by atoms with Gasteiger partial charge in [0.2, 0.25) is 0 Å². The highest BCUT2D eigenvalue weighted by atomic mass is 16.7. The van der Waals surface area contributed by atoms with Crippen molar-refractivity contribution in [3.8, 4) is 0 Å². The summed E-state index contributed by atoms with van der Waals surface area (Å²) in [5.41, 5.74) is 0. The van der Waals surface area contributed by atoms with Crippen LogP contribution in [0.1, 0.15) is 271 Å². The molecule has 0 aromatic rings. The molecule has 0 aromatic carbocycles. The number of allylic oxidation sites excluding steroid dienone is 18. The maximum atomic E-state index is 12.9. The van der Waals surface area contributed by atoms with Gasteiger partial charge in [-0.25, -0.2) is 4.79 Å². The Morgan fingerprint density at radius 2 is 0.667 bits per heavy atom. The first-order valence-corrected chi connectivity index (χ1v) is 33.1. The van der Waals surface area contributed by atoms with Crippen LogP contribution in [0.5, 0.6) is 0 Å². The predicted octanol–water partition coefficient (Wildman–Crippen LogP) is 20.2. The molecule has 0 heterocycles. The van der Waals surface area contributed by atoms with E-state index < -0.39 is 24.3 Å². The molecule has 0 aliphatic rings. The molecule has 81 heavy (non-hydrogen) atoms. The second kappa shape index (κ2) is 62.0. The standard InChI is InChI=1S/C72H123NO8/c1-6-8-10-12-14-16-18-20-22-24-25-26-27-28-29-30-31-32-33-34-35-36-37-38-39-40-41-42-43-44-45-47-49-51-53-55-57-59-61-63-70(75)81-68(67-80-72(71(76)77)78-65-64-73(3,4)5)66-79-69(74)62-60-58-56-54-52-50-48-46-23-21-19-17-15-13-11-9-7-2/h8-11,14-17,20-23,25-26,28-29,48,50,68,72H,6-7,12-13,18-19,24,27,30-47,49,51-67H2,1-5H3/p+1/b10-8-,11-9-,16-14-,17-15-,22-20-,23-21-,26-25-,29-28-,50-48-. The molecule has 0 bridgehead atoms. The number of carbonyl (C=O) groups excluding carboxylic acids is 2. The lowest BCUT2D eigenvalue weighted by atomic mass is 10.0. The molecule has 0 radical (unpaired) electrons. The van der Waals surface area contributed by atoms with Crippen LogP contribution in [0.4, 0.5) is 0 Å². The second-order valence-electron chi connectivity index (χ2n) is 23.0. The fourth-order valence-corrected chi connectivity index (χ4v) is 9.03. The number of likely N-dealkylation sites (N-methyl/N-ethyl adjacent to an activating group) is 1. The SMILES string of the molecule is CC/C=C\C/C=C\C/C=C\C/C=C\C/C=C\CCCCCCCCCCCCCCCCCCCCCCCCCC(=O)OC(COC(=O)CCCCCC/C=C\C/C=C\C/C=C\C/C=C\CC)COC(OCC[N+](C)(C)C)C(=O)O. The molecule has 2 atom stereocenters. The van der Waals surface area contributed by atoms with Crippen molar-refractivity contribution in [1.29, 1.82) is 0 Å². The zero-order valence-electron chi connectivity index (χ0n) is 52.9. The molecule has 0 amide bonds. The van der Waals surface area contributed by atoms with Crippen molar-refractivity contribution in [2.75, 3.05) is 47.5 Å². The number of rotatable bonds is 60. The quantitative estimate of drug-likeness (QED) is 0.0211. The molecule has 0 spiro atoms. The highest BCUT2D eigenvalue weighted by molar-refractivity contribution is 5.71. The maximum Gasteiger partial charge on any atom is 0.361 e. The Morgan fingerprint density at radius 1 is 0.370 bits per heavy atom. The summed E-state index contributed by atoms with van der Waals surface area (Å²) in [6.07, 6.45) is 83.5. The summed E-state index contributed by atoms with van der Waals surface area (Å²) in [6.45, 7) is 4.63. The van der Waals surface area contributed by atoms with Crippen LogP contribution >= 0.6 is 0 Å². The van der Waals surface area contributed by atoms with Gasteiger partial charge in [0.05, 0.1) is 34.4 Å². The molecular formula is C72H124NO8+. The van der Waals surface area contributed by atoms with E-state index in [0.29, 0.717) is 23.9 Å². The van der Waals surface area contributed by atoms with Crippen molar-refractivity contribution in [2.45, 2.75) is 283 Å². The van der Waals surface area contributed by atoms with E-state index in [9.17, 15) is 19.5 Å². The van der Waals surface area contributed by atoms with Gasteiger partial charge in [-0.2, -0.15) is 0 Å². The highest BCUT2D eigenvalue weighted by Crippen LogP contribution is 2.17.